The van der Waals surface area contributed by atoms with Crippen LogP contribution in [-0.4, -0.2) is 20.7 Å². The molecule has 7 heteroatoms. The minimum Gasteiger partial charge on any atom is -0.340 e. The highest BCUT2D eigenvalue weighted by Crippen LogP contribution is 2.24. The van der Waals surface area contributed by atoms with E-state index in [0.717, 1.165) is 22.3 Å². The van der Waals surface area contributed by atoms with Crippen LogP contribution in [0.2, 0.25) is 0 Å². The van der Waals surface area contributed by atoms with E-state index in [0.29, 0.717) is 4.68 Å². The fourth-order valence-corrected chi connectivity index (χ4v) is 2.70. The fourth-order valence-electron chi connectivity index (χ4n) is 2.70. The van der Waals surface area contributed by atoms with Gasteiger partial charge in [-0.15, -0.1) is 0 Å². The molecule has 5 nitrogen and oxygen atoms in total. The quantitative estimate of drug-likeness (QED) is 0.756. The average molecular weight is 356 g/mol. The molecule has 0 unspecified atom stereocenters. The Bertz CT molecular complexity index is 909. The lowest BCUT2D eigenvalue weighted by Gasteiger charge is -2.20. The van der Waals surface area contributed by atoms with Crippen molar-refractivity contribution in [1.82, 2.24) is 20.1 Å². The minimum absolute atomic E-state index is 0.197. The molecule has 3 aromatic rings. The number of carbonyl (C=O) groups excluding carboxylic acids is 1. The highest BCUT2D eigenvalue weighted by atomic mass is 19.3. The fraction of sp³-hybridized carbons (Fsp3) is 0.211. The average Bonchev–Trinajstić information content (AvgIpc) is 3.13. The lowest BCUT2D eigenvalue weighted by Crippen LogP contribution is -2.31. The van der Waals surface area contributed by atoms with Crippen molar-refractivity contribution in [3.8, 4) is 0 Å². The molecule has 1 aromatic carbocycles. The van der Waals surface area contributed by atoms with Crippen LogP contribution in [0.3, 0.4) is 0 Å². The highest BCUT2D eigenvalue weighted by Gasteiger charge is 2.23. The van der Waals surface area contributed by atoms with Crippen LogP contribution in [0.25, 0.3) is 0 Å². The Morgan fingerprint density at radius 3 is 2.54 bits per heavy atom. The maximum atomic E-state index is 13.0. The van der Waals surface area contributed by atoms with Gasteiger partial charge in [-0.1, -0.05) is 24.3 Å². The molecule has 2 aromatic heterocycles. The first kappa shape index (κ1) is 17.7. The van der Waals surface area contributed by atoms with Crippen LogP contribution < -0.4 is 5.32 Å². The molecular formula is C19H18F2N4O. The Hall–Kier alpha value is -3.09. The van der Waals surface area contributed by atoms with Gasteiger partial charge in [0.25, 0.3) is 5.91 Å². The van der Waals surface area contributed by atoms with E-state index < -0.39 is 18.5 Å². The SMILES string of the molecule is Cc1ccc([C@H](NC(=O)c2ccnn2C(F)F)c2cccnc2)cc1C. The Labute approximate surface area is 149 Å². The van der Waals surface area contributed by atoms with E-state index in [2.05, 4.69) is 15.4 Å². The van der Waals surface area contributed by atoms with Gasteiger partial charge in [-0.2, -0.15) is 18.6 Å². The standard InChI is InChI=1S/C19H18F2N4O/c1-12-5-6-14(10-13(12)2)17(15-4-3-8-22-11-15)24-18(26)16-7-9-23-25(16)19(20)21/h3-11,17,19H,1-2H3,(H,24,26)/t17-/m0/s1. The molecule has 1 amide bonds. The molecular weight excluding hydrogens is 338 g/mol. The van der Waals surface area contributed by atoms with Gasteiger partial charge in [-0.3, -0.25) is 9.78 Å². The summed E-state index contributed by atoms with van der Waals surface area (Å²) < 4.78 is 26.4. The normalized spacial score (nSPS) is 12.2. The van der Waals surface area contributed by atoms with Gasteiger partial charge in [0.2, 0.25) is 0 Å². The van der Waals surface area contributed by atoms with Gasteiger partial charge in [-0.05, 0) is 48.2 Å². The molecule has 0 aliphatic rings. The second-order valence-electron chi connectivity index (χ2n) is 5.98. The van der Waals surface area contributed by atoms with Crippen molar-refractivity contribution in [2.24, 2.45) is 0 Å². The van der Waals surface area contributed by atoms with Crippen LogP contribution in [-0.2, 0) is 0 Å². The number of nitrogens with zero attached hydrogens (tertiary/aromatic N) is 3. The monoisotopic (exact) mass is 356 g/mol. The highest BCUT2D eigenvalue weighted by molar-refractivity contribution is 5.93. The van der Waals surface area contributed by atoms with Crippen molar-refractivity contribution in [3.63, 3.8) is 0 Å². The predicted octanol–water partition coefficient (Wildman–Crippen LogP) is 3.81. The number of halogens is 2. The molecule has 0 radical (unpaired) electrons. The lowest BCUT2D eigenvalue weighted by molar-refractivity contribution is 0.0508. The molecule has 0 saturated carbocycles. The molecule has 0 saturated heterocycles. The number of pyridine rings is 1. The summed E-state index contributed by atoms with van der Waals surface area (Å²) in [4.78, 5) is 16.7. The van der Waals surface area contributed by atoms with Gasteiger partial charge in [-0.25, -0.2) is 0 Å². The van der Waals surface area contributed by atoms with Crippen molar-refractivity contribution in [3.05, 3.63) is 82.9 Å². The summed E-state index contributed by atoms with van der Waals surface area (Å²) in [6, 6.07) is 10.2. The van der Waals surface area contributed by atoms with Crippen LogP contribution in [0, 0.1) is 13.8 Å². The Balaban J connectivity index is 1.97. The molecule has 2 heterocycles. The predicted molar refractivity (Wildman–Crippen MR) is 92.9 cm³/mol. The van der Waals surface area contributed by atoms with Crippen molar-refractivity contribution >= 4 is 5.91 Å². The number of amides is 1. The number of benzene rings is 1. The van der Waals surface area contributed by atoms with E-state index in [-0.39, 0.29) is 5.69 Å². The van der Waals surface area contributed by atoms with Gasteiger partial charge in [0, 0.05) is 18.6 Å². The van der Waals surface area contributed by atoms with Crippen molar-refractivity contribution < 1.29 is 13.6 Å². The van der Waals surface area contributed by atoms with Gasteiger partial charge >= 0.3 is 6.55 Å². The van der Waals surface area contributed by atoms with Crippen molar-refractivity contribution in [1.29, 1.82) is 0 Å². The third-order valence-electron chi connectivity index (χ3n) is 4.25. The third kappa shape index (κ3) is 3.61. The summed E-state index contributed by atoms with van der Waals surface area (Å²) in [5, 5.41) is 6.33. The molecule has 26 heavy (non-hydrogen) atoms. The third-order valence-corrected chi connectivity index (χ3v) is 4.25. The molecule has 0 fully saturated rings. The van der Waals surface area contributed by atoms with Gasteiger partial charge < -0.3 is 5.32 Å². The number of alkyl halides is 2. The zero-order valence-corrected chi connectivity index (χ0v) is 14.4. The van der Waals surface area contributed by atoms with E-state index in [9.17, 15) is 13.6 Å². The Kier molecular flexibility index (Phi) is 5.06. The number of aromatic nitrogens is 3. The van der Waals surface area contributed by atoms with Crippen molar-refractivity contribution in [2.45, 2.75) is 26.4 Å². The Morgan fingerprint density at radius 1 is 1.08 bits per heavy atom. The van der Waals surface area contributed by atoms with Crippen LogP contribution in [0.15, 0.2) is 55.0 Å². The maximum absolute atomic E-state index is 13.0. The summed E-state index contributed by atoms with van der Waals surface area (Å²) in [6.07, 6.45) is 4.45. The summed E-state index contributed by atoms with van der Waals surface area (Å²) >= 11 is 0. The summed E-state index contributed by atoms with van der Waals surface area (Å²) in [6.45, 7) is 1.09. The summed E-state index contributed by atoms with van der Waals surface area (Å²) in [5.41, 5.74) is 3.60. The molecule has 0 aliphatic heterocycles. The second kappa shape index (κ2) is 7.43. The summed E-state index contributed by atoms with van der Waals surface area (Å²) in [5.74, 6) is -0.630. The summed E-state index contributed by atoms with van der Waals surface area (Å²) in [7, 11) is 0. The molecule has 134 valence electrons. The largest absolute Gasteiger partial charge is 0.340 e. The maximum Gasteiger partial charge on any atom is 0.333 e. The second-order valence-corrected chi connectivity index (χ2v) is 5.98. The zero-order chi connectivity index (χ0) is 18.7. The minimum atomic E-state index is -2.88. The van der Waals surface area contributed by atoms with Crippen LogP contribution in [0.4, 0.5) is 8.78 Å². The molecule has 0 spiro atoms. The van der Waals surface area contributed by atoms with E-state index in [4.69, 9.17) is 0 Å². The van der Waals surface area contributed by atoms with Crippen molar-refractivity contribution in [2.75, 3.05) is 0 Å². The molecule has 1 N–H and O–H groups in total. The number of hydrogen-bond acceptors (Lipinski definition) is 3. The first-order valence-electron chi connectivity index (χ1n) is 8.07. The number of hydrogen-bond donors (Lipinski definition) is 1. The van der Waals surface area contributed by atoms with Crippen LogP contribution >= 0.6 is 0 Å². The van der Waals surface area contributed by atoms with E-state index in [1.165, 1.54) is 12.3 Å². The lowest BCUT2D eigenvalue weighted by atomic mass is 9.96. The van der Waals surface area contributed by atoms with Crippen LogP contribution in [0.1, 0.15) is 45.3 Å². The van der Waals surface area contributed by atoms with E-state index in [1.807, 2.05) is 38.1 Å². The van der Waals surface area contributed by atoms with E-state index in [1.54, 1.807) is 18.5 Å². The van der Waals surface area contributed by atoms with E-state index >= 15 is 0 Å². The van der Waals surface area contributed by atoms with Gasteiger partial charge in [0.1, 0.15) is 5.69 Å². The number of rotatable bonds is 5. The molecule has 1 atom stereocenters. The smallest absolute Gasteiger partial charge is 0.333 e. The molecule has 0 bridgehead atoms. The molecule has 3 rings (SSSR count). The Morgan fingerprint density at radius 2 is 1.88 bits per heavy atom. The van der Waals surface area contributed by atoms with Gasteiger partial charge in [0.15, 0.2) is 0 Å². The number of aryl methyl sites for hydroxylation is 2. The van der Waals surface area contributed by atoms with Gasteiger partial charge in [0.05, 0.1) is 6.04 Å². The molecule has 0 aliphatic carbocycles. The van der Waals surface area contributed by atoms with Crippen LogP contribution in [0.5, 0.6) is 0 Å². The number of carbonyl (C=O) groups is 1. The zero-order valence-electron chi connectivity index (χ0n) is 14.4. The number of nitrogens with one attached hydrogen (secondary N) is 1. The topological polar surface area (TPSA) is 59.8 Å². The first-order valence-corrected chi connectivity index (χ1v) is 8.07. The first-order chi connectivity index (χ1) is 12.5.